The van der Waals surface area contributed by atoms with Gasteiger partial charge >= 0.3 is 11.9 Å². The number of amides is 1. The SMILES string of the molecule is COC(=O)[C@@H](Cc1ccccc1)NC(=O)COC(=O)COc1ccc(C=O)cc1. The lowest BCUT2D eigenvalue weighted by molar-refractivity contribution is -0.151. The number of carbonyl (C=O) groups excluding carboxylic acids is 4. The van der Waals surface area contributed by atoms with E-state index in [9.17, 15) is 19.2 Å². The zero-order valence-electron chi connectivity index (χ0n) is 15.8. The van der Waals surface area contributed by atoms with Crippen molar-refractivity contribution in [2.24, 2.45) is 0 Å². The van der Waals surface area contributed by atoms with E-state index < -0.39 is 37.1 Å². The summed E-state index contributed by atoms with van der Waals surface area (Å²) < 4.78 is 14.8. The fraction of sp³-hybridized carbons (Fsp3) is 0.238. The molecule has 0 aliphatic rings. The molecule has 0 heterocycles. The van der Waals surface area contributed by atoms with Crippen molar-refractivity contribution in [1.82, 2.24) is 5.32 Å². The number of benzene rings is 2. The number of nitrogens with one attached hydrogen (secondary N) is 1. The van der Waals surface area contributed by atoms with Crippen LogP contribution in [0.4, 0.5) is 0 Å². The van der Waals surface area contributed by atoms with Gasteiger partial charge < -0.3 is 19.5 Å². The zero-order chi connectivity index (χ0) is 21.1. The van der Waals surface area contributed by atoms with Gasteiger partial charge in [0.15, 0.2) is 13.2 Å². The minimum Gasteiger partial charge on any atom is -0.482 e. The maximum atomic E-state index is 12.0. The standard InChI is InChI=1S/C21H21NO7/c1-27-21(26)18(11-15-5-3-2-4-6-15)22-19(24)13-29-20(25)14-28-17-9-7-16(12-23)8-10-17/h2-10,12,18H,11,13-14H2,1H3,(H,22,24)/t18-/m1/s1. The Hall–Kier alpha value is -3.68. The summed E-state index contributed by atoms with van der Waals surface area (Å²) in [6, 6.07) is 14.4. The van der Waals surface area contributed by atoms with Crippen LogP contribution in [0.1, 0.15) is 15.9 Å². The van der Waals surface area contributed by atoms with Crippen LogP contribution in [-0.4, -0.2) is 50.5 Å². The van der Waals surface area contributed by atoms with Gasteiger partial charge in [-0.2, -0.15) is 0 Å². The zero-order valence-corrected chi connectivity index (χ0v) is 15.8. The summed E-state index contributed by atoms with van der Waals surface area (Å²) in [4.78, 5) is 46.3. The van der Waals surface area contributed by atoms with Crippen LogP contribution in [0.25, 0.3) is 0 Å². The van der Waals surface area contributed by atoms with Crippen LogP contribution in [-0.2, 0) is 30.3 Å². The first-order chi connectivity index (χ1) is 14.0. The summed E-state index contributed by atoms with van der Waals surface area (Å²) in [6.07, 6.45) is 0.934. The number of methoxy groups -OCH3 is 1. The lowest BCUT2D eigenvalue weighted by Crippen LogP contribution is -2.44. The smallest absolute Gasteiger partial charge is 0.344 e. The van der Waals surface area contributed by atoms with Gasteiger partial charge in [0.1, 0.15) is 18.1 Å². The predicted molar refractivity (Wildman–Crippen MR) is 102 cm³/mol. The number of esters is 2. The molecule has 1 N–H and O–H groups in total. The molecule has 29 heavy (non-hydrogen) atoms. The summed E-state index contributed by atoms with van der Waals surface area (Å²) >= 11 is 0. The van der Waals surface area contributed by atoms with Crippen LogP contribution in [0, 0.1) is 0 Å². The van der Waals surface area contributed by atoms with Crippen molar-refractivity contribution in [2.45, 2.75) is 12.5 Å². The van der Waals surface area contributed by atoms with Crippen LogP contribution in [0.5, 0.6) is 5.75 Å². The fourth-order valence-electron chi connectivity index (χ4n) is 2.39. The molecule has 0 bridgehead atoms. The van der Waals surface area contributed by atoms with E-state index in [1.54, 1.807) is 12.1 Å². The summed E-state index contributed by atoms with van der Waals surface area (Å²) in [5, 5.41) is 2.49. The van der Waals surface area contributed by atoms with Crippen molar-refractivity contribution in [3.8, 4) is 5.75 Å². The first-order valence-corrected chi connectivity index (χ1v) is 8.76. The minimum atomic E-state index is -0.902. The number of hydrogen-bond acceptors (Lipinski definition) is 7. The highest BCUT2D eigenvalue weighted by atomic mass is 16.6. The molecule has 0 fully saturated rings. The highest BCUT2D eigenvalue weighted by Crippen LogP contribution is 2.11. The van der Waals surface area contributed by atoms with Crippen molar-refractivity contribution in [3.63, 3.8) is 0 Å². The summed E-state index contributed by atoms with van der Waals surface area (Å²) in [5.74, 6) is -1.61. The van der Waals surface area contributed by atoms with Gasteiger partial charge in [-0.25, -0.2) is 9.59 Å². The van der Waals surface area contributed by atoms with E-state index in [0.717, 1.165) is 5.56 Å². The van der Waals surface area contributed by atoms with Gasteiger partial charge in [0.2, 0.25) is 0 Å². The fourth-order valence-corrected chi connectivity index (χ4v) is 2.39. The first-order valence-electron chi connectivity index (χ1n) is 8.76. The van der Waals surface area contributed by atoms with E-state index in [1.165, 1.54) is 19.2 Å². The van der Waals surface area contributed by atoms with Crippen molar-refractivity contribution in [1.29, 1.82) is 0 Å². The monoisotopic (exact) mass is 399 g/mol. The van der Waals surface area contributed by atoms with Gasteiger partial charge in [-0.1, -0.05) is 30.3 Å². The quantitative estimate of drug-likeness (QED) is 0.474. The Morgan fingerprint density at radius 3 is 2.31 bits per heavy atom. The molecule has 1 amide bonds. The molecular weight excluding hydrogens is 378 g/mol. The third-order valence-corrected chi connectivity index (χ3v) is 3.84. The van der Waals surface area contributed by atoms with Crippen LogP contribution in [0.2, 0.25) is 0 Å². The van der Waals surface area contributed by atoms with E-state index in [-0.39, 0.29) is 6.42 Å². The van der Waals surface area contributed by atoms with E-state index in [0.29, 0.717) is 17.6 Å². The second-order valence-corrected chi connectivity index (χ2v) is 5.97. The van der Waals surface area contributed by atoms with Crippen LogP contribution in [0.15, 0.2) is 54.6 Å². The van der Waals surface area contributed by atoms with Crippen molar-refractivity contribution < 1.29 is 33.4 Å². The molecule has 0 aliphatic carbocycles. The van der Waals surface area contributed by atoms with Gasteiger partial charge in [0.05, 0.1) is 7.11 Å². The molecule has 2 aromatic rings. The Morgan fingerprint density at radius 1 is 1.00 bits per heavy atom. The molecular formula is C21H21NO7. The molecule has 0 unspecified atom stereocenters. The van der Waals surface area contributed by atoms with Gasteiger partial charge in [-0.3, -0.25) is 9.59 Å². The summed E-state index contributed by atoms with van der Waals surface area (Å²) in [7, 11) is 1.23. The van der Waals surface area contributed by atoms with Gasteiger partial charge in [-0.15, -0.1) is 0 Å². The second-order valence-electron chi connectivity index (χ2n) is 5.97. The normalized spacial score (nSPS) is 11.1. The molecule has 0 spiro atoms. The van der Waals surface area contributed by atoms with Crippen LogP contribution in [0.3, 0.4) is 0 Å². The molecule has 2 rings (SSSR count). The van der Waals surface area contributed by atoms with Crippen LogP contribution < -0.4 is 10.1 Å². The van der Waals surface area contributed by atoms with Crippen LogP contribution >= 0.6 is 0 Å². The molecule has 0 aromatic heterocycles. The molecule has 0 radical (unpaired) electrons. The molecule has 152 valence electrons. The Morgan fingerprint density at radius 2 is 1.69 bits per heavy atom. The first kappa shape index (κ1) is 21.6. The maximum Gasteiger partial charge on any atom is 0.344 e. The Bertz CT molecular complexity index is 834. The van der Waals surface area contributed by atoms with Gasteiger partial charge in [0.25, 0.3) is 5.91 Å². The molecule has 8 nitrogen and oxygen atoms in total. The summed E-state index contributed by atoms with van der Waals surface area (Å²) in [5.41, 5.74) is 1.32. The lowest BCUT2D eigenvalue weighted by atomic mass is 10.1. The van der Waals surface area contributed by atoms with Crippen molar-refractivity contribution in [3.05, 3.63) is 65.7 Å². The molecule has 0 saturated carbocycles. The minimum absolute atomic E-state index is 0.243. The molecule has 0 aliphatic heterocycles. The average Bonchev–Trinajstić information content (AvgIpc) is 2.76. The van der Waals surface area contributed by atoms with Crippen molar-refractivity contribution >= 4 is 24.1 Å². The van der Waals surface area contributed by atoms with Gasteiger partial charge in [0, 0.05) is 12.0 Å². The third kappa shape index (κ3) is 7.45. The van der Waals surface area contributed by atoms with E-state index in [1.807, 2.05) is 30.3 Å². The number of ether oxygens (including phenoxy) is 3. The number of hydrogen-bond donors (Lipinski definition) is 1. The Labute approximate surface area is 167 Å². The molecule has 0 saturated heterocycles. The number of rotatable bonds is 10. The van der Waals surface area contributed by atoms with Crippen molar-refractivity contribution in [2.75, 3.05) is 20.3 Å². The number of carbonyl (C=O) groups is 4. The maximum absolute atomic E-state index is 12.0. The Kier molecular flexibility index (Phi) is 8.37. The highest BCUT2D eigenvalue weighted by molar-refractivity contribution is 5.86. The molecule has 8 heteroatoms. The topological polar surface area (TPSA) is 108 Å². The Balaban J connectivity index is 1.78. The number of aldehydes is 1. The lowest BCUT2D eigenvalue weighted by Gasteiger charge is -2.16. The average molecular weight is 399 g/mol. The molecule has 2 aromatic carbocycles. The highest BCUT2D eigenvalue weighted by Gasteiger charge is 2.22. The molecule has 1 atom stereocenters. The predicted octanol–water partition coefficient (Wildman–Crippen LogP) is 1.32. The van der Waals surface area contributed by atoms with E-state index in [2.05, 4.69) is 5.32 Å². The third-order valence-electron chi connectivity index (χ3n) is 3.84. The van der Waals surface area contributed by atoms with E-state index in [4.69, 9.17) is 14.2 Å². The van der Waals surface area contributed by atoms with E-state index >= 15 is 0 Å². The second kappa shape index (κ2) is 11.2. The summed E-state index contributed by atoms with van der Waals surface area (Å²) in [6.45, 7) is -0.966. The largest absolute Gasteiger partial charge is 0.482 e. The van der Waals surface area contributed by atoms with Gasteiger partial charge in [-0.05, 0) is 29.8 Å².